The Kier molecular flexibility index (Phi) is 5.92. The van der Waals surface area contributed by atoms with E-state index in [9.17, 15) is 0 Å². The number of rotatable bonds is 1. The Balaban J connectivity index is 0.00000137. The summed E-state index contributed by atoms with van der Waals surface area (Å²) in [5.41, 5.74) is 10.1. The van der Waals surface area contributed by atoms with Crippen LogP contribution in [0, 0.1) is 5.41 Å². The van der Waals surface area contributed by atoms with E-state index in [2.05, 4.69) is 59.7 Å². The fraction of sp³-hybridized carbons (Fsp3) is 0.647. The lowest BCUT2D eigenvalue weighted by Gasteiger charge is -2.23. The fourth-order valence-electron chi connectivity index (χ4n) is 2.02. The standard InChI is InChI=1S/C15H25N.C2H6/c1-14(2,3)10-11-7-8-12(13(16)9-11)15(4,5)6;1-2/h7-9H,10,16H2,1-6H3;1-2H3. The van der Waals surface area contributed by atoms with E-state index in [1.165, 1.54) is 11.1 Å². The zero-order valence-corrected chi connectivity index (χ0v) is 13.5. The normalized spacial score (nSPS) is 11.8. The van der Waals surface area contributed by atoms with Crippen LogP contribution >= 0.6 is 0 Å². The molecule has 0 heterocycles. The molecule has 0 atom stereocenters. The van der Waals surface area contributed by atoms with E-state index in [1.807, 2.05) is 13.8 Å². The molecular weight excluding hydrogens is 218 g/mol. The van der Waals surface area contributed by atoms with Gasteiger partial charge in [0, 0.05) is 5.69 Å². The third kappa shape index (κ3) is 5.57. The molecule has 0 amide bonds. The molecule has 1 aromatic carbocycles. The molecule has 0 aliphatic carbocycles. The van der Waals surface area contributed by atoms with Gasteiger partial charge in [-0.15, -0.1) is 0 Å². The van der Waals surface area contributed by atoms with E-state index >= 15 is 0 Å². The molecule has 0 saturated carbocycles. The topological polar surface area (TPSA) is 26.0 Å². The van der Waals surface area contributed by atoms with Gasteiger partial charge < -0.3 is 5.73 Å². The molecule has 0 unspecified atom stereocenters. The molecule has 104 valence electrons. The quantitative estimate of drug-likeness (QED) is 0.682. The largest absolute Gasteiger partial charge is 0.398 e. The molecule has 2 N–H and O–H groups in total. The van der Waals surface area contributed by atoms with Gasteiger partial charge in [0.05, 0.1) is 0 Å². The molecule has 0 aromatic heterocycles. The van der Waals surface area contributed by atoms with Gasteiger partial charge in [0.2, 0.25) is 0 Å². The van der Waals surface area contributed by atoms with Gasteiger partial charge in [0.1, 0.15) is 0 Å². The average molecular weight is 249 g/mol. The Morgan fingerprint density at radius 1 is 0.944 bits per heavy atom. The second kappa shape index (κ2) is 6.26. The van der Waals surface area contributed by atoms with E-state index in [0.717, 1.165) is 12.1 Å². The SMILES string of the molecule is CC.CC(C)(C)Cc1ccc(C(C)(C)C)c(N)c1. The molecule has 1 rings (SSSR count). The first kappa shape index (κ1) is 17.0. The van der Waals surface area contributed by atoms with Gasteiger partial charge in [-0.05, 0) is 34.4 Å². The Bertz CT molecular complexity index is 364. The van der Waals surface area contributed by atoms with Crippen LogP contribution < -0.4 is 5.73 Å². The molecule has 0 bridgehead atoms. The van der Waals surface area contributed by atoms with Crippen molar-refractivity contribution in [3.63, 3.8) is 0 Å². The van der Waals surface area contributed by atoms with Crippen molar-refractivity contribution in [3.8, 4) is 0 Å². The van der Waals surface area contributed by atoms with Crippen LogP contribution in [0.5, 0.6) is 0 Å². The maximum Gasteiger partial charge on any atom is 0.0354 e. The van der Waals surface area contributed by atoms with Crippen molar-refractivity contribution in [1.82, 2.24) is 0 Å². The predicted molar refractivity (Wildman–Crippen MR) is 84.1 cm³/mol. The highest BCUT2D eigenvalue weighted by atomic mass is 14.6. The summed E-state index contributed by atoms with van der Waals surface area (Å²) in [5.74, 6) is 0. The van der Waals surface area contributed by atoms with Gasteiger partial charge in [-0.1, -0.05) is 67.5 Å². The molecule has 1 nitrogen and oxygen atoms in total. The average Bonchev–Trinajstić information content (AvgIpc) is 2.16. The number of nitrogen functional groups attached to an aromatic ring is 1. The fourth-order valence-corrected chi connectivity index (χ4v) is 2.02. The highest BCUT2D eigenvalue weighted by molar-refractivity contribution is 5.52. The zero-order valence-electron chi connectivity index (χ0n) is 13.5. The summed E-state index contributed by atoms with van der Waals surface area (Å²) in [6.45, 7) is 17.3. The van der Waals surface area contributed by atoms with Gasteiger partial charge in [0.25, 0.3) is 0 Å². The van der Waals surface area contributed by atoms with Crippen LogP contribution in [0.15, 0.2) is 18.2 Å². The summed E-state index contributed by atoms with van der Waals surface area (Å²) >= 11 is 0. The Morgan fingerprint density at radius 2 is 1.44 bits per heavy atom. The van der Waals surface area contributed by atoms with Gasteiger partial charge in [0.15, 0.2) is 0 Å². The maximum atomic E-state index is 6.13. The van der Waals surface area contributed by atoms with Crippen LogP contribution in [0.4, 0.5) is 5.69 Å². The molecule has 18 heavy (non-hydrogen) atoms. The molecular formula is C17H31N. The van der Waals surface area contributed by atoms with E-state index in [4.69, 9.17) is 5.73 Å². The van der Waals surface area contributed by atoms with Crippen LogP contribution in [0.25, 0.3) is 0 Å². The van der Waals surface area contributed by atoms with Crippen LogP contribution in [0.2, 0.25) is 0 Å². The van der Waals surface area contributed by atoms with Crippen LogP contribution in [0.1, 0.15) is 66.5 Å². The minimum absolute atomic E-state index is 0.129. The second-order valence-electron chi connectivity index (χ2n) is 6.91. The molecule has 0 aliphatic heterocycles. The first-order chi connectivity index (χ1) is 8.09. The molecule has 0 fully saturated rings. The van der Waals surface area contributed by atoms with Crippen molar-refractivity contribution in [2.24, 2.45) is 5.41 Å². The lowest BCUT2D eigenvalue weighted by atomic mass is 9.83. The number of nitrogens with two attached hydrogens (primary N) is 1. The van der Waals surface area contributed by atoms with E-state index in [1.54, 1.807) is 0 Å². The molecule has 1 heteroatoms. The maximum absolute atomic E-state index is 6.13. The van der Waals surface area contributed by atoms with Crippen molar-refractivity contribution in [2.45, 2.75) is 67.2 Å². The van der Waals surface area contributed by atoms with E-state index in [-0.39, 0.29) is 5.41 Å². The Hall–Kier alpha value is -0.980. The van der Waals surface area contributed by atoms with Crippen molar-refractivity contribution >= 4 is 5.69 Å². The van der Waals surface area contributed by atoms with Gasteiger partial charge in [-0.25, -0.2) is 0 Å². The van der Waals surface area contributed by atoms with Crippen LogP contribution in [-0.2, 0) is 11.8 Å². The third-order valence-electron chi connectivity index (χ3n) is 2.66. The van der Waals surface area contributed by atoms with Gasteiger partial charge >= 0.3 is 0 Å². The molecule has 0 saturated heterocycles. The first-order valence-corrected chi connectivity index (χ1v) is 6.98. The zero-order chi connectivity index (χ0) is 14.6. The van der Waals surface area contributed by atoms with Crippen molar-refractivity contribution in [3.05, 3.63) is 29.3 Å². The number of hydrogen-bond acceptors (Lipinski definition) is 1. The second-order valence-corrected chi connectivity index (χ2v) is 6.91. The molecule has 1 aromatic rings. The molecule has 0 radical (unpaired) electrons. The highest BCUT2D eigenvalue weighted by Crippen LogP contribution is 2.30. The minimum Gasteiger partial charge on any atom is -0.398 e. The van der Waals surface area contributed by atoms with Crippen molar-refractivity contribution in [1.29, 1.82) is 0 Å². The van der Waals surface area contributed by atoms with Gasteiger partial charge in [-0.2, -0.15) is 0 Å². The monoisotopic (exact) mass is 249 g/mol. The Morgan fingerprint density at radius 3 is 1.78 bits per heavy atom. The minimum atomic E-state index is 0.129. The van der Waals surface area contributed by atoms with Crippen molar-refractivity contribution in [2.75, 3.05) is 5.73 Å². The lowest BCUT2D eigenvalue weighted by Crippen LogP contribution is -2.15. The third-order valence-corrected chi connectivity index (χ3v) is 2.66. The van der Waals surface area contributed by atoms with Crippen molar-refractivity contribution < 1.29 is 0 Å². The summed E-state index contributed by atoms with van der Waals surface area (Å²) in [5, 5.41) is 0. The number of hydrogen-bond donors (Lipinski definition) is 1. The predicted octanol–water partition coefficient (Wildman–Crippen LogP) is 5.18. The molecule has 0 spiro atoms. The molecule has 0 aliphatic rings. The number of anilines is 1. The number of benzene rings is 1. The Labute approximate surface area is 114 Å². The first-order valence-electron chi connectivity index (χ1n) is 6.98. The lowest BCUT2D eigenvalue weighted by molar-refractivity contribution is 0.411. The van der Waals surface area contributed by atoms with Crippen LogP contribution in [0.3, 0.4) is 0 Å². The van der Waals surface area contributed by atoms with E-state index in [0.29, 0.717) is 5.41 Å². The smallest absolute Gasteiger partial charge is 0.0354 e. The summed E-state index contributed by atoms with van der Waals surface area (Å²) in [6, 6.07) is 6.52. The van der Waals surface area contributed by atoms with E-state index < -0.39 is 0 Å². The summed E-state index contributed by atoms with van der Waals surface area (Å²) in [4.78, 5) is 0. The highest BCUT2D eigenvalue weighted by Gasteiger charge is 2.18. The summed E-state index contributed by atoms with van der Waals surface area (Å²) in [6.07, 6.45) is 1.07. The van der Waals surface area contributed by atoms with Crippen LogP contribution in [-0.4, -0.2) is 0 Å². The summed E-state index contributed by atoms with van der Waals surface area (Å²) in [7, 11) is 0. The summed E-state index contributed by atoms with van der Waals surface area (Å²) < 4.78 is 0. The van der Waals surface area contributed by atoms with Gasteiger partial charge in [-0.3, -0.25) is 0 Å².